The van der Waals surface area contributed by atoms with E-state index in [-0.39, 0.29) is 0 Å². The van der Waals surface area contributed by atoms with E-state index in [9.17, 15) is 0 Å². The highest BCUT2D eigenvalue weighted by Crippen LogP contribution is 2.31. The second-order valence-corrected chi connectivity index (χ2v) is 7.42. The minimum absolute atomic E-state index is 0.291. The predicted molar refractivity (Wildman–Crippen MR) is 84.0 cm³/mol. The van der Waals surface area contributed by atoms with Gasteiger partial charge in [-0.3, -0.25) is 4.90 Å². The molecule has 1 aromatic heterocycles. The van der Waals surface area contributed by atoms with Crippen LogP contribution in [0.5, 0.6) is 0 Å². The summed E-state index contributed by atoms with van der Waals surface area (Å²) in [6.45, 7) is 17.8. The van der Waals surface area contributed by atoms with Gasteiger partial charge in [0.25, 0.3) is 0 Å². The first-order valence-electron chi connectivity index (χ1n) is 7.76. The van der Waals surface area contributed by atoms with Crippen LogP contribution < -0.4 is 5.32 Å². The summed E-state index contributed by atoms with van der Waals surface area (Å²) in [6, 6.07) is 3.70. The van der Waals surface area contributed by atoms with E-state index in [1.807, 2.05) is 6.92 Å². The quantitative estimate of drug-likeness (QED) is 0.895. The molecule has 2 rings (SSSR count). The third kappa shape index (κ3) is 3.09. The molecule has 1 saturated heterocycles. The minimum atomic E-state index is 0.291. The van der Waals surface area contributed by atoms with Crippen LogP contribution >= 0.6 is 0 Å². The molecule has 0 spiro atoms. The van der Waals surface area contributed by atoms with Gasteiger partial charge in [-0.15, -0.1) is 0 Å². The highest BCUT2D eigenvalue weighted by atomic mass is 16.3. The molecule has 0 aromatic carbocycles. The summed E-state index contributed by atoms with van der Waals surface area (Å²) in [7, 11) is 0. The van der Waals surface area contributed by atoms with Gasteiger partial charge in [-0.2, -0.15) is 0 Å². The maximum absolute atomic E-state index is 5.71. The zero-order valence-corrected chi connectivity index (χ0v) is 14.1. The van der Waals surface area contributed by atoms with Crippen LogP contribution in [0.25, 0.3) is 0 Å². The molecule has 0 saturated carbocycles. The van der Waals surface area contributed by atoms with E-state index in [4.69, 9.17) is 4.42 Å². The van der Waals surface area contributed by atoms with Crippen LogP contribution in [0, 0.1) is 19.3 Å². The van der Waals surface area contributed by atoms with Crippen molar-refractivity contribution in [1.29, 1.82) is 0 Å². The van der Waals surface area contributed by atoms with Gasteiger partial charge in [0, 0.05) is 36.8 Å². The Morgan fingerprint density at radius 1 is 1.35 bits per heavy atom. The van der Waals surface area contributed by atoms with Crippen LogP contribution in [0.4, 0.5) is 0 Å². The first-order chi connectivity index (χ1) is 9.20. The molecule has 0 radical (unpaired) electrons. The van der Waals surface area contributed by atoms with Crippen molar-refractivity contribution in [3.05, 3.63) is 23.2 Å². The summed E-state index contributed by atoms with van der Waals surface area (Å²) in [5.74, 6) is 2.08. The molecule has 114 valence electrons. The number of nitrogens with zero attached hydrogens (tertiary/aromatic N) is 1. The number of furan rings is 1. The molecule has 0 amide bonds. The van der Waals surface area contributed by atoms with Gasteiger partial charge < -0.3 is 9.73 Å². The van der Waals surface area contributed by atoms with Crippen molar-refractivity contribution < 1.29 is 4.42 Å². The van der Waals surface area contributed by atoms with Crippen LogP contribution in [-0.2, 0) is 0 Å². The van der Waals surface area contributed by atoms with E-state index in [0.29, 0.717) is 23.5 Å². The minimum Gasteiger partial charge on any atom is -0.466 e. The van der Waals surface area contributed by atoms with Gasteiger partial charge in [0.15, 0.2) is 0 Å². The third-order valence-electron chi connectivity index (χ3n) is 4.69. The molecule has 1 aromatic rings. The smallest absolute Gasteiger partial charge is 0.105 e. The molecule has 0 bridgehead atoms. The maximum atomic E-state index is 5.71. The Morgan fingerprint density at radius 2 is 2.00 bits per heavy atom. The van der Waals surface area contributed by atoms with Crippen molar-refractivity contribution in [3.63, 3.8) is 0 Å². The fourth-order valence-corrected chi connectivity index (χ4v) is 3.25. The average molecular weight is 278 g/mol. The Balaban J connectivity index is 2.19. The van der Waals surface area contributed by atoms with Gasteiger partial charge in [0.1, 0.15) is 11.5 Å². The second-order valence-electron chi connectivity index (χ2n) is 7.42. The molecule has 1 aliphatic rings. The van der Waals surface area contributed by atoms with E-state index in [2.05, 4.69) is 57.8 Å². The number of rotatable bonds is 2. The topological polar surface area (TPSA) is 28.4 Å². The number of piperazine rings is 1. The van der Waals surface area contributed by atoms with Crippen molar-refractivity contribution in [1.82, 2.24) is 10.2 Å². The van der Waals surface area contributed by atoms with Gasteiger partial charge in [-0.05, 0) is 39.2 Å². The number of aryl methyl sites for hydroxylation is 2. The molecule has 3 nitrogen and oxygen atoms in total. The molecule has 1 N–H and O–H groups in total. The van der Waals surface area contributed by atoms with Crippen molar-refractivity contribution in [3.8, 4) is 0 Å². The molecule has 20 heavy (non-hydrogen) atoms. The lowest BCUT2D eigenvalue weighted by Gasteiger charge is -2.46. The van der Waals surface area contributed by atoms with E-state index < -0.39 is 0 Å². The standard InChI is InChI=1S/C17H30N2O/c1-11-9-18-16(17(5,6)7)10-19(11)13(3)15-8-12(2)20-14(15)4/h8,11,13,16,18H,9-10H2,1-7H3. The van der Waals surface area contributed by atoms with Gasteiger partial charge in [-0.1, -0.05) is 20.8 Å². The van der Waals surface area contributed by atoms with E-state index in [1.54, 1.807) is 0 Å². The van der Waals surface area contributed by atoms with E-state index >= 15 is 0 Å². The Hall–Kier alpha value is -0.800. The predicted octanol–water partition coefficient (Wildman–Crippen LogP) is 3.67. The number of hydrogen-bond donors (Lipinski definition) is 1. The van der Waals surface area contributed by atoms with Gasteiger partial charge in [-0.25, -0.2) is 0 Å². The summed E-state index contributed by atoms with van der Waals surface area (Å²) >= 11 is 0. The largest absolute Gasteiger partial charge is 0.466 e. The molecule has 2 heterocycles. The van der Waals surface area contributed by atoms with Gasteiger partial charge >= 0.3 is 0 Å². The normalized spacial score (nSPS) is 26.8. The molecule has 1 fully saturated rings. The summed E-state index contributed by atoms with van der Waals surface area (Å²) in [5.41, 5.74) is 1.63. The Bertz CT molecular complexity index is 458. The summed E-state index contributed by atoms with van der Waals surface area (Å²) < 4.78 is 5.71. The van der Waals surface area contributed by atoms with E-state index in [1.165, 1.54) is 5.56 Å². The second kappa shape index (κ2) is 5.53. The van der Waals surface area contributed by atoms with Gasteiger partial charge in [0.2, 0.25) is 0 Å². The highest BCUT2D eigenvalue weighted by molar-refractivity contribution is 5.24. The van der Waals surface area contributed by atoms with Crippen LogP contribution in [-0.4, -0.2) is 30.1 Å². The Kier molecular flexibility index (Phi) is 4.31. The number of hydrogen-bond acceptors (Lipinski definition) is 3. The lowest BCUT2D eigenvalue weighted by Crippen LogP contribution is -2.59. The summed E-state index contributed by atoms with van der Waals surface area (Å²) in [6.07, 6.45) is 0. The molecule has 3 heteroatoms. The zero-order valence-electron chi connectivity index (χ0n) is 14.1. The van der Waals surface area contributed by atoms with Gasteiger partial charge in [0.05, 0.1) is 0 Å². The molecule has 1 aliphatic heterocycles. The van der Waals surface area contributed by atoms with Crippen LogP contribution in [0.2, 0.25) is 0 Å². The fourth-order valence-electron chi connectivity index (χ4n) is 3.25. The fraction of sp³-hybridized carbons (Fsp3) is 0.765. The maximum Gasteiger partial charge on any atom is 0.105 e. The highest BCUT2D eigenvalue weighted by Gasteiger charge is 2.35. The van der Waals surface area contributed by atoms with Crippen LogP contribution in [0.1, 0.15) is 57.7 Å². The molecular formula is C17H30N2O. The summed E-state index contributed by atoms with van der Waals surface area (Å²) in [5, 5.41) is 3.70. The van der Waals surface area contributed by atoms with Crippen molar-refractivity contribution >= 4 is 0 Å². The first kappa shape index (κ1) is 15.6. The van der Waals surface area contributed by atoms with Crippen LogP contribution in [0.3, 0.4) is 0 Å². The molecule has 0 aliphatic carbocycles. The van der Waals surface area contributed by atoms with Crippen LogP contribution in [0.15, 0.2) is 10.5 Å². The lowest BCUT2D eigenvalue weighted by molar-refractivity contribution is 0.0623. The SMILES string of the molecule is Cc1cc(C(C)N2CC(C(C)(C)C)NCC2C)c(C)o1. The number of nitrogens with one attached hydrogen (secondary N) is 1. The molecule has 3 unspecified atom stereocenters. The Morgan fingerprint density at radius 3 is 2.50 bits per heavy atom. The van der Waals surface area contributed by atoms with Crippen molar-refractivity contribution in [2.45, 2.75) is 66.6 Å². The third-order valence-corrected chi connectivity index (χ3v) is 4.69. The van der Waals surface area contributed by atoms with Crippen molar-refractivity contribution in [2.24, 2.45) is 5.41 Å². The molecule has 3 atom stereocenters. The summed E-state index contributed by atoms with van der Waals surface area (Å²) in [4.78, 5) is 2.61. The monoisotopic (exact) mass is 278 g/mol. The van der Waals surface area contributed by atoms with E-state index in [0.717, 1.165) is 24.6 Å². The first-order valence-corrected chi connectivity index (χ1v) is 7.76. The zero-order chi connectivity index (χ0) is 15.1. The lowest BCUT2D eigenvalue weighted by atomic mass is 9.84. The van der Waals surface area contributed by atoms with Crippen molar-refractivity contribution in [2.75, 3.05) is 13.1 Å². The Labute approximate surface area is 123 Å². The average Bonchev–Trinajstić information content (AvgIpc) is 2.66. The molecular weight excluding hydrogens is 248 g/mol.